The monoisotopic (exact) mass is 331 g/mol. The third kappa shape index (κ3) is 3.64. The molecule has 128 valence electrons. The summed E-state index contributed by atoms with van der Waals surface area (Å²) in [5.41, 5.74) is 1.84. The molecule has 1 aliphatic heterocycles. The first-order valence-corrected chi connectivity index (χ1v) is 8.17. The Morgan fingerprint density at radius 1 is 1.42 bits per heavy atom. The van der Waals surface area contributed by atoms with Crippen LogP contribution >= 0.6 is 0 Å². The van der Waals surface area contributed by atoms with Crippen LogP contribution in [0.1, 0.15) is 35.9 Å². The van der Waals surface area contributed by atoms with E-state index >= 15 is 0 Å². The summed E-state index contributed by atoms with van der Waals surface area (Å²) in [5, 5.41) is 0. The fraction of sp³-hybridized carbons (Fsp3) is 0.444. The smallest absolute Gasteiger partial charge is 0.237 e. The lowest BCUT2D eigenvalue weighted by Gasteiger charge is -2.27. The van der Waals surface area contributed by atoms with Crippen molar-refractivity contribution in [1.82, 2.24) is 14.8 Å². The zero-order valence-corrected chi connectivity index (χ0v) is 14.0. The van der Waals surface area contributed by atoms with Crippen molar-refractivity contribution in [1.29, 1.82) is 0 Å². The standard InChI is InChI=1S/C18H22FN3O2/c1-13-17(24-12-20-13)10-21(2)11-18(23)22-9-3-4-16(22)14-5-7-15(19)8-6-14/h5-8,12,16H,3-4,9-11H2,1-2H3. The van der Waals surface area contributed by atoms with Crippen LogP contribution in [-0.2, 0) is 11.3 Å². The van der Waals surface area contributed by atoms with Crippen LogP contribution in [0.15, 0.2) is 35.1 Å². The maximum absolute atomic E-state index is 13.1. The van der Waals surface area contributed by atoms with Crippen molar-refractivity contribution in [2.45, 2.75) is 32.4 Å². The second-order valence-corrected chi connectivity index (χ2v) is 6.33. The topological polar surface area (TPSA) is 49.6 Å². The Kier molecular flexibility index (Phi) is 4.94. The summed E-state index contributed by atoms with van der Waals surface area (Å²) in [7, 11) is 1.89. The predicted molar refractivity (Wildman–Crippen MR) is 87.7 cm³/mol. The summed E-state index contributed by atoms with van der Waals surface area (Å²) in [5.74, 6) is 0.611. The summed E-state index contributed by atoms with van der Waals surface area (Å²) in [6.45, 7) is 3.50. The Bertz CT molecular complexity index is 699. The number of aryl methyl sites for hydroxylation is 1. The van der Waals surface area contributed by atoms with Crippen LogP contribution < -0.4 is 0 Å². The highest BCUT2D eigenvalue weighted by Crippen LogP contribution is 2.32. The van der Waals surface area contributed by atoms with Crippen molar-refractivity contribution in [2.24, 2.45) is 0 Å². The molecule has 0 spiro atoms. The van der Waals surface area contributed by atoms with E-state index in [-0.39, 0.29) is 17.8 Å². The van der Waals surface area contributed by atoms with Crippen molar-refractivity contribution >= 4 is 5.91 Å². The first kappa shape index (κ1) is 16.6. The maximum Gasteiger partial charge on any atom is 0.237 e. The second kappa shape index (κ2) is 7.13. The van der Waals surface area contributed by atoms with Gasteiger partial charge in [0.2, 0.25) is 5.91 Å². The van der Waals surface area contributed by atoms with Gasteiger partial charge in [-0.15, -0.1) is 0 Å². The molecule has 0 bridgehead atoms. The number of hydrogen-bond acceptors (Lipinski definition) is 4. The van der Waals surface area contributed by atoms with Crippen LogP contribution in [0, 0.1) is 12.7 Å². The van der Waals surface area contributed by atoms with Crippen molar-refractivity contribution in [2.75, 3.05) is 20.1 Å². The van der Waals surface area contributed by atoms with Crippen molar-refractivity contribution in [3.63, 3.8) is 0 Å². The van der Waals surface area contributed by atoms with Gasteiger partial charge in [-0.05, 0) is 44.5 Å². The molecule has 6 heteroatoms. The SMILES string of the molecule is Cc1ncoc1CN(C)CC(=O)N1CCCC1c1ccc(F)cc1. The average molecular weight is 331 g/mol. The van der Waals surface area contributed by atoms with Crippen LogP contribution in [0.4, 0.5) is 4.39 Å². The molecule has 1 aromatic carbocycles. The lowest BCUT2D eigenvalue weighted by atomic mass is 10.0. The van der Waals surface area contributed by atoms with E-state index in [2.05, 4.69) is 4.98 Å². The first-order chi connectivity index (χ1) is 11.5. The zero-order valence-electron chi connectivity index (χ0n) is 14.0. The fourth-order valence-electron chi connectivity index (χ4n) is 3.20. The number of amides is 1. The van der Waals surface area contributed by atoms with E-state index < -0.39 is 0 Å². The number of aromatic nitrogens is 1. The molecule has 3 rings (SSSR count). The van der Waals surface area contributed by atoms with E-state index in [4.69, 9.17) is 4.42 Å². The summed E-state index contributed by atoms with van der Waals surface area (Å²) < 4.78 is 18.4. The Morgan fingerprint density at radius 3 is 2.83 bits per heavy atom. The second-order valence-electron chi connectivity index (χ2n) is 6.33. The highest BCUT2D eigenvalue weighted by atomic mass is 19.1. The van der Waals surface area contributed by atoms with Gasteiger partial charge in [-0.1, -0.05) is 12.1 Å². The van der Waals surface area contributed by atoms with Gasteiger partial charge in [0.25, 0.3) is 0 Å². The van der Waals surface area contributed by atoms with Gasteiger partial charge in [0.1, 0.15) is 11.6 Å². The number of likely N-dealkylation sites (N-methyl/N-ethyl adjacent to an activating group) is 1. The van der Waals surface area contributed by atoms with Crippen LogP contribution in [-0.4, -0.2) is 40.8 Å². The lowest BCUT2D eigenvalue weighted by molar-refractivity contribution is -0.133. The molecular formula is C18H22FN3O2. The van der Waals surface area contributed by atoms with Gasteiger partial charge in [0, 0.05) is 6.54 Å². The third-order valence-electron chi connectivity index (χ3n) is 4.49. The third-order valence-corrected chi connectivity index (χ3v) is 4.49. The predicted octanol–water partition coefficient (Wildman–Crippen LogP) is 2.92. The van der Waals surface area contributed by atoms with Gasteiger partial charge in [-0.25, -0.2) is 9.37 Å². The summed E-state index contributed by atoms with van der Waals surface area (Å²) >= 11 is 0. The van der Waals surface area contributed by atoms with E-state index in [0.29, 0.717) is 13.1 Å². The number of oxazole rings is 1. The maximum atomic E-state index is 13.1. The fourth-order valence-corrected chi connectivity index (χ4v) is 3.20. The molecule has 24 heavy (non-hydrogen) atoms. The average Bonchev–Trinajstić information content (AvgIpc) is 3.18. The Hall–Kier alpha value is -2.21. The molecule has 1 aromatic heterocycles. The molecule has 1 unspecified atom stereocenters. The van der Waals surface area contributed by atoms with Gasteiger partial charge >= 0.3 is 0 Å². The highest BCUT2D eigenvalue weighted by Gasteiger charge is 2.30. The minimum atomic E-state index is -0.253. The molecule has 1 fully saturated rings. The van der Waals surface area contributed by atoms with Crippen molar-refractivity contribution in [3.8, 4) is 0 Å². The molecule has 1 aliphatic rings. The number of carbonyl (C=O) groups is 1. The normalized spacial score (nSPS) is 17.7. The molecule has 5 nitrogen and oxygen atoms in total. The summed E-state index contributed by atoms with van der Waals surface area (Å²) in [4.78, 5) is 20.6. The molecule has 2 heterocycles. The minimum Gasteiger partial charge on any atom is -0.447 e. The molecule has 0 radical (unpaired) electrons. The van der Waals surface area contributed by atoms with E-state index in [1.165, 1.54) is 18.5 Å². The van der Waals surface area contributed by atoms with Crippen LogP contribution in [0.25, 0.3) is 0 Å². The molecule has 1 amide bonds. The molecular weight excluding hydrogens is 309 g/mol. The van der Waals surface area contributed by atoms with E-state index in [1.54, 1.807) is 12.1 Å². The van der Waals surface area contributed by atoms with Crippen LogP contribution in [0.5, 0.6) is 0 Å². The largest absolute Gasteiger partial charge is 0.447 e. The summed E-state index contributed by atoms with van der Waals surface area (Å²) in [6, 6.07) is 6.49. The van der Waals surface area contributed by atoms with Crippen LogP contribution in [0.3, 0.4) is 0 Å². The molecule has 0 saturated carbocycles. The Morgan fingerprint density at radius 2 is 2.17 bits per heavy atom. The molecule has 2 aromatic rings. The number of benzene rings is 1. The molecule has 0 N–H and O–H groups in total. The van der Waals surface area contributed by atoms with E-state index in [0.717, 1.165) is 36.4 Å². The number of likely N-dealkylation sites (tertiary alicyclic amines) is 1. The first-order valence-electron chi connectivity index (χ1n) is 8.17. The number of rotatable bonds is 5. The quantitative estimate of drug-likeness (QED) is 0.845. The number of carbonyl (C=O) groups excluding carboxylic acids is 1. The lowest BCUT2D eigenvalue weighted by Crippen LogP contribution is -2.38. The number of nitrogens with zero attached hydrogens (tertiary/aromatic N) is 3. The number of hydrogen-bond donors (Lipinski definition) is 0. The molecule has 1 saturated heterocycles. The Balaban J connectivity index is 1.63. The zero-order chi connectivity index (χ0) is 17.1. The van der Waals surface area contributed by atoms with Crippen LogP contribution in [0.2, 0.25) is 0 Å². The summed E-state index contributed by atoms with van der Waals surface area (Å²) in [6.07, 6.45) is 3.31. The van der Waals surface area contributed by atoms with Crippen molar-refractivity contribution in [3.05, 3.63) is 53.5 Å². The minimum absolute atomic E-state index is 0.0403. The van der Waals surface area contributed by atoms with Gasteiger partial charge in [-0.3, -0.25) is 9.69 Å². The molecule has 1 atom stereocenters. The van der Waals surface area contributed by atoms with Gasteiger partial charge in [0.15, 0.2) is 6.39 Å². The molecule has 0 aliphatic carbocycles. The van der Waals surface area contributed by atoms with Crippen molar-refractivity contribution < 1.29 is 13.6 Å². The Labute approximate surface area is 141 Å². The van der Waals surface area contributed by atoms with Gasteiger partial charge in [-0.2, -0.15) is 0 Å². The van der Waals surface area contributed by atoms with E-state index in [1.807, 2.05) is 23.8 Å². The van der Waals surface area contributed by atoms with Gasteiger partial charge < -0.3 is 9.32 Å². The van der Waals surface area contributed by atoms with Gasteiger partial charge in [0.05, 0.1) is 24.8 Å². The van der Waals surface area contributed by atoms with E-state index in [9.17, 15) is 9.18 Å². The number of halogens is 1. The highest BCUT2D eigenvalue weighted by molar-refractivity contribution is 5.79.